The van der Waals surface area contributed by atoms with Gasteiger partial charge in [-0.05, 0) is 60.7 Å². The Morgan fingerprint density at radius 2 is 1.73 bits per heavy atom. The molecule has 3 aromatic rings. The van der Waals surface area contributed by atoms with Crippen molar-refractivity contribution < 1.29 is 0 Å². The van der Waals surface area contributed by atoms with E-state index in [9.17, 15) is 0 Å². The fraction of sp³-hybridized carbons (Fsp3) is 0.120. The molecule has 0 N–H and O–H groups in total. The maximum Gasteiger partial charge on any atom is 0.0332 e. The fourth-order valence-corrected chi connectivity index (χ4v) is 5.05. The van der Waals surface area contributed by atoms with E-state index in [4.69, 9.17) is 0 Å². The summed E-state index contributed by atoms with van der Waals surface area (Å²) in [5, 5.41) is 5.09. The molecular formula is C25H19Br. The van der Waals surface area contributed by atoms with Crippen LogP contribution >= 0.6 is 15.9 Å². The molecule has 0 aromatic heterocycles. The Labute approximate surface area is 162 Å². The average molecular weight is 399 g/mol. The van der Waals surface area contributed by atoms with E-state index in [-0.39, 0.29) is 5.41 Å². The first kappa shape index (κ1) is 15.8. The van der Waals surface area contributed by atoms with Crippen LogP contribution in [-0.2, 0) is 5.41 Å². The summed E-state index contributed by atoms with van der Waals surface area (Å²) in [6, 6.07) is 17.8. The standard InChI is InChI=1S/C25H19Br/c1-25(14-6-9-17-7-3-5-11-23(17)25)20-13-12-19-15-18-8-2-4-10-21(18)24(26)22(19)16-20/h2-16,23H,1H3. The zero-order valence-electron chi connectivity index (χ0n) is 14.6. The van der Waals surface area contributed by atoms with E-state index in [1.54, 1.807) is 0 Å². The molecule has 0 radical (unpaired) electrons. The van der Waals surface area contributed by atoms with Gasteiger partial charge in [0.1, 0.15) is 0 Å². The predicted molar refractivity (Wildman–Crippen MR) is 115 cm³/mol. The number of halogens is 1. The summed E-state index contributed by atoms with van der Waals surface area (Å²) in [6.07, 6.45) is 15.6. The van der Waals surface area contributed by atoms with Gasteiger partial charge in [-0.2, -0.15) is 0 Å². The van der Waals surface area contributed by atoms with Gasteiger partial charge in [-0.25, -0.2) is 0 Å². The van der Waals surface area contributed by atoms with Crippen molar-refractivity contribution in [3.63, 3.8) is 0 Å². The van der Waals surface area contributed by atoms with Crippen molar-refractivity contribution in [3.8, 4) is 0 Å². The number of hydrogen-bond donors (Lipinski definition) is 0. The lowest BCUT2D eigenvalue weighted by Crippen LogP contribution is -2.32. The molecule has 0 saturated carbocycles. The van der Waals surface area contributed by atoms with Gasteiger partial charge in [-0.3, -0.25) is 0 Å². The van der Waals surface area contributed by atoms with E-state index in [1.165, 1.54) is 37.2 Å². The number of benzene rings is 3. The largest absolute Gasteiger partial charge is 0.0758 e. The van der Waals surface area contributed by atoms with Crippen LogP contribution in [0, 0.1) is 5.92 Å². The molecule has 2 atom stereocenters. The van der Waals surface area contributed by atoms with E-state index in [1.807, 2.05) is 0 Å². The molecule has 126 valence electrons. The van der Waals surface area contributed by atoms with Crippen molar-refractivity contribution in [3.05, 3.63) is 107 Å². The zero-order valence-corrected chi connectivity index (χ0v) is 16.2. The summed E-state index contributed by atoms with van der Waals surface area (Å²) in [5.74, 6) is 0.384. The van der Waals surface area contributed by atoms with Gasteiger partial charge in [-0.15, -0.1) is 0 Å². The average Bonchev–Trinajstić information content (AvgIpc) is 2.68. The van der Waals surface area contributed by atoms with Crippen LogP contribution in [0.5, 0.6) is 0 Å². The summed E-state index contributed by atoms with van der Waals surface area (Å²) in [4.78, 5) is 0. The van der Waals surface area contributed by atoms with Crippen molar-refractivity contribution in [2.24, 2.45) is 5.92 Å². The second-order valence-electron chi connectivity index (χ2n) is 7.38. The quantitative estimate of drug-likeness (QED) is 0.378. The lowest BCUT2D eigenvalue weighted by atomic mass is 9.65. The molecule has 0 heterocycles. The van der Waals surface area contributed by atoms with Crippen LogP contribution in [0.25, 0.3) is 21.5 Å². The van der Waals surface area contributed by atoms with Gasteiger partial charge in [0.15, 0.2) is 0 Å². The van der Waals surface area contributed by atoms with Crippen molar-refractivity contribution in [1.82, 2.24) is 0 Å². The second kappa shape index (κ2) is 5.82. The monoisotopic (exact) mass is 398 g/mol. The van der Waals surface area contributed by atoms with E-state index < -0.39 is 0 Å². The van der Waals surface area contributed by atoms with Crippen LogP contribution in [0.3, 0.4) is 0 Å². The van der Waals surface area contributed by atoms with Crippen LogP contribution in [0.15, 0.2) is 101 Å². The number of allylic oxidation sites excluding steroid dienone is 8. The van der Waals surface area contributed by atoms with Crippen molar-refractivity contribution >= 4 is 37.5 Å². The number of fused-ring (bicyclic) bond motifs is 3. The summed E-state index contributed by atoms with van der Waals surface area (Å²) < 4.78 is 1.19. The molecule has 0 nitrogen and oxygen atoms in total. The van der Waals surface area contributed by atoms with Gasteiger partial charge in [0, 0.05) is 15.8 Å². The Morgan fingerprint density at radius 3 is 2.65 bits per heavy atom. The minimum Gasteiger partial charge on any atom is -0.0758 e. The third kappa shape index (κ3) is 2.27. The van der Waals surface area contributed by atoms with Crippen LogP contribution in [-0.4, -0.2) is 0 Å². The molecule has 0 aliphatic heterocycles. The van der Waals surface area contributed by atoms with Crippen molar-refractivity contribution in [2.75, 3.05) is 0 Å². The van der Waals surface area contributed by atoms with Crippen LogP contribution in [0.2, 0.25) is 0 Å². The molecule has 0 amide bonds. The third-order valence-corrected chi connectivity index (χ3v) is 6.71. The first-order valence-corrected chi connectivity index (χ1v) is 9.82. The SMILES string of the molecule is CC1(c2ccc3cc4ccccc4c(Br)c3c2)C=CC=C2C=CC=CC21. The van der Waals surface area contributed by atoms with Gasteiger partial charge in [0.2, 0.25) is 0 Å². The van der Waals surface area contributed by atoms with Crippen LogP contribution in [0.1, 0.15) is 12.5 Å². The zero-order chi connectivity index (χ0) is 17.7. The molecule has 2 aliphatic rings. The highest BCUT2D eigenvalue weighted by Crippen LogP contribution is 2.44. The molecule has 5 rings (SSSR count). The van der Waals surface area contributed by atoms with Gasteiger partial charge >= 0.3 is 0 Å². The first-order chi connectivity index (χ1) is 12.7. The molecule has 3 aromatic carbocycles. The highest BCUT2D eigenvalue weighted by Gasteiger charge is 2.36. The topological polar surface area (TPSA) is 0 Å². The number of rotatable bonds is 1. The molecule has 0 spiro atoms. The Balaban J connectivity index is 1.73. The molecule has 2 aliphatic carbocycles. The molecule has 0 fully saturated rings. The van der Waals surface area contributed by atoms with Gasteiger partial charge in [-0.1, -0.05) is 85.9 Å². The van der Waals surface area contributed by atoms with Crippen LogP contribution < -0.4 is 0 Å². The molecule has 0 bridgehead atoms. The van der Waals surface area contributed by atoms with E-state index in [0.717, 1.165) is 0 Å². The normalized spacial score (nSPS) is 24.1. The lowest BCUT2D eigenvalue weighted by Gasteiger charge is -2.38. The maximum absolute atomic E-state index is 3.87. The predicted octanol–water partition coefficient (Wildman–Crippen LogP) is 7.25. The molecule has 1 heteroatoms. The van der Waals surface area contributed by atoms with E-state index in [0.29, 0.717) is 5.92 Å². The highest BCUT2D eigenvalue weighted by molar-refractivity contribution is 9.10. The lowest BCUT2D eigenvalue weighted by molar-refractivity contribution is 0.482. The third-order valence-electron chi connectivity index (χ3n) is 5.86. The smallest absolute Gasteiger partial charge is 0.0332 e. The second-order valence-corrected chi connectivity index (χ2v) is 8.17. The molecule has 0 saturated heterocycles. The Bertz CT molecular complexity index is 1160. The van der Waals surface area contributed by atoms with Crippen LogP contribution in [0.4, 0.5) is 0 Å². The summed E-state index contributed by atoms with van der Waals surface area (Å²) in [7, 11) is 0. The summed E-state index contributed by atoms with van der Waals surface area (Å²) in [5.41, 5.74) is 2.70. The van der Waals surface area contributed by atoms with Crippen molar-refractivity contribution in [2.45, 2.75) is 12.3 Å². The Kier molecular flexibility index (Phi) is 3.55. The van der Waals surface area contributed by atoms with E-state index >= 15 is 0 Å². The minimum absolute atomic E-state index is 0.0371. The van der Waals surface area contributed by atoms with Gasteiger partial charge < -0.3 is 0 Å². The minimum atomic E-state index is -0.0371. The Morgan fingerprint density at radius 1 is 0.885 bits per heavy atom. The fourth-order valence-electron chi connectivity index (χ4n) is 4.34. The summed E-state index contributed by atoms with van der Waals surface area (Å²) in [6.45, 7) is 2.35. The molecular weight excluding hydrogens is 380 g/mol. The van der Waals surface area contributed by atoms with Gasteiger partial charge in [0.05, 0.1) is 0 Å². The highest BCUT2D eigenvalue weighted by atomic mass is 79.9. The molecule has 26 heavy (non-hydrogen) atoms. The first-order valence-electron chi connectivity index (χ1n) is 9.03. The van der Waals surface area contributed by atoms with Gasteiger partial charge in [0.25, 0.3) is 0 Å². The number of hydrogen-bond acceptors (Lipinski definition) is 0. The summed E-state index contributed by atoms with van der Waals surface area (Å²) >= 11 is 3.87. The maximum atomic E-state index is 3.87. The Hall–Kier alpha value is -2.38. The van der Waals surface area contributed by atoms with E-state index in [2.05, 4.69) is 114 Å². The molecule has 2 unspecified atom stereocenters. The van der Waals surface area contributed by atoms with Crippen molar-refractivity contribution in [1.29, 1.82) is 0 Å².